The molecule has 4 bridgehead atoms. The molecule has 8 heteroatoms. The maximum Gasteiger partial charge on any atom is 0.402 e. The van der Waals surface area contributed by atoms with Crippen LogP contribution in [0.15, 0.2) is 0 Å². The SMILES string of the molecule is O=C(OCC(F)(F)S(=O)(=O)O)C12CC3CC4CC1C(C4)(C3)C2. The molecule has 124 valence electrons. The minimum absolute atomic E-state index is 0.204. The van der Waals surface area contributed by atoms with Crippen LogP contribution in [-0.2, 0) is 19.6 Å². The van der Waals surface area contributed by atoms with Gasteiger partial charge in [0.05, 0.1) is 5.41 Å². The average Bonchev–Trinajstić information content (AvgIpc) is 2.54. The normalized spacial score (nSPS) is 45.5. The third-order valence-corrected chi connectivity index (χ3v) is 7.38. The second-order valence-corrected chi connectivity index (χ2v) is 9.30. The van der Waals surface area contributed by atoms with E-state index in [-0.39, 0.29) is 11.3 Å². The number of rotatable bonds is 4. The molecule has 0 amide bonds. The van der Waals surface area contributed by atoms with Gasteiger partial charge in [-0.05, 0) is 61.7 Å². The summed E-state index contributed by atoms with van der Waals surface area (Å²) in [5, 5.41) is -4.45. The zero-order valence-corrected chi connectivity index (χ0v) is 12.7. The van der Waals surface area contributed by atoms with Gasteiger partial charge in [-0.1, -0.05) is 0 Å². The van der Waals surface area contributed by atoms with E-state index in [1.165, 1.54) is 0 Å². The molecule has 0 aromatic carbocycles. The Morgan fingerprint density at radius 1 is 1.23 bits per heavy atom. The van der Waals surface area contributed by atoms with E-state index in [1.54, 1.807) is 0 Å². The Morgan fingerprint density at radius 3 is 2.59 bits per heavy atom. The van der Waals surface area contributed by atoms with Crippen molar-refractivity contribution in [2.75, 3.05) is 6.61 Å². The van der Waals surface area contributed by atoms with Crippen LogP contribution in [0.4, 0.5) is 8.78 Å². The Balaban J connectivity index is 1.51. The fourth-order valence-corrected chi connectivity index (χ4v) is 6.38. The van der Waals surface area contributed by atoms with E-state index in [2.05, 4.69) is 4.74 Å². The number of fused-ring (bicyclic) bond motifs is 2. The molecule has 4 fully saturated rings. The molecule has 4 rings (SSSR count). The summed E-state index contributed by atoms with van der Waals surface area (Å²) in [7, 11) is -5.57. The fraction of sp³-hybridized carbons (Fsp3) is 0.929. The predicted octanol–water partition coefficient (Wildman–Crippen LogP) is 2.23. The van der Waals surface area contributed by atoms with Gasteiger partial charge in [0.2, 0.25) is 0 Å². The van der Waals surface area contributed by atoms with Crippen LogP contribution in [0, 0.1) is 28.6 Å². The lowest BCUT2D eigenvalue weighted by atomic mass is 9.38. The van der Waals surface area contributed by atoms with Crippen molar-refractivity contribution < 1.29 is 31.3 Å². The average molecular weight is 336 g/mol. The summed E-state index contributed by atoms with van der Waals surface area (Å²) in [5.74, 6) is 0.598. The lowest BCUT2D eigenvalue weighted by molar-refractivity contribution is -0.215. The highest BCUT2D eigenvalue weighted by atomic mass is 32.2. The second-order valence-electron chi connectivity index (χ2n) is 7.75. The molecule has 0 aliphatic heterocycles. The lowest BCUT2D eigenvalue weighted by Gasteiger charge is -2.65. The van der Waals surface area contributed by atoms with Gasteiger partial charge in [-0.15, -0.1) is 0 Å². The zero-order valence-electron chi connectivity index (χ0n) is 11.9. The Morgan fingerprint density at radius 2 is 1.91 bits per heavy atom. The quantitative estimate of drug-likeness (QED) is 0.629. The minimum Gasteiger partial charge on any atom is -0.458 e. The van der Waals surface area contributed by atoms with Crippen LogP contribution < -0.4 is 0 Å². The van der Waals surface area contributed by atoms with E-state index in [9.17, 15) is 22.0 Å². The van der Waals surface area contributed by atoms with Crippen molar-refractivity contribution in [3.8, 4) is 0 Å². The molecule has 0 aromatic heterocycles. The summed E-state index contributed by atoms with van der Waals surface area (Å²) in [6.45, 7) is -1.61. The first-order valence-corrected chi connectivity index (χ1v) is 9.04. The van der Waals surface area contributed by atoms with Crippen LogP contribution >= 0.6 is 0 Å². The third kappa shape index (κ3) is 1.71. The van der Waals surface area contributed by atoms with Crippen molar-refractivity contribution in [2.24, 2.45) is 28.6 Å². The van der Waals surface area contributed by atoms with Gasteiger partial charge in [0.15, 0.2) is 6.61 Å². The van der Waals surface area contributed by atoms with Gasteiger partial charge in [-0.25, -0.2) is 0 Å². The maximum absolute atomic E-state index is 13.2. The highest BCUT2D eigenvalue weighted by Gasteiger charge is 2.75. The summed E-state index contributed by atoms with van der Waals surface area (Å²) in [4.78, 5) is 12.4. The first-order valence-electron chi connectivity index (χ1n) is 7.60. The Labute approximate surface area is 127 Å². The summed E-state index contributed by atoms with van der Waals surface area (Å²) >= 11 is 0. The predicted molar refractivity (Wildman–Crippen MR) is 70.5 cm³/mol. The van der Waals surface area contributed by atoms with Crippen molar-refractivity contribution >= 4 is 16.1 Å². The maximum atomic E-state index is 13.2. The highest BCUT2D eigenvalue weighted by molar-refractivity contribution is 7.86. The van der Waals surface area contributed by atoms with Crippen molar-refractivity contribution in [1.29, 1.82) is 0 Å². The summed E-state index contributed by atoms with van der Waals surface area (Å²) < 4.78 is 60.8. The van der Waals surface area contributed by atoms with Crippen molar-refractivity contribution in [3.63, 3.8) is 0 Å². The molecule has 4 saturated carbocycles. The van der Waals surface area contributed by atoms with E-state index in [4.69, 9.17) is 4.55 Å². The Bertz CT molecular complexity index is 644. The van der Waals surface area contributed by atoms with Gasteiger partial charge >= 0.3 is 21.3 Å². The standard InChI is InChI=1S/C14H18F2O5S/c15-14(16,22(18,19)20)7-21-11(17)13-5-9-1-8-2-10(13)12(3-8,4-9)6-13/h8-10H,1-7H2,(H,18,19,20). The molecule has 0 saturated heterocycles. The number of halogens is 2. The van der Waals surface area contributed by atoms with Crippen LogP contribution in [0.5, 0.6) is 0 Å². The molecule has 0 heterocycles. The second kappa shape index (κ2) is 4.01. The van der Waals surface area contributed by atoms with Gasteiger partial charge in [0.25, 0.3) is 0 Å². The zero-order chi connectivity index (χ0) is 16.0. The molecule has 0 radical (unpaired) electrons. The van der Waals surface area contributed by atoms with E-state index in [0.717, 1.165) is 25.7 Å². The summed E-state index contributed by atoms with van der Waals surface area (Å²) in [6, 6.07) is 0. The Hall–Kier alpha value is -0.760. The van der Waals surface area contributed by atoms with Crippen LogP contribution in [0.1, 0.15) is 38.5 Å². The van der Waals surface area contributed by atoms with E-state index < -0.39 is 33.4 Å². The smallest absolute Gasteiger partial charge is 0.402 e. The number of carbonyl (C=O) groups is 1. The summed E-state index contributed by atoms with van der Waals surface area (Å²) in [6.07, 6.45) is 5.68. The molecule has 4 aliphatic carbocycles. The van der Waals surface area contributed by atoms with Crippen molar-refractivity contribution in [1.82, 2.24) is 0 Å². The van der Waals surface area contributed by atoms with Gasteiger partial charge in [-0.3, -0.25) is 9.35 Å². The number of carbonyl (C=O) groups excluding carboxylic acids is 1. The number of ether oxygens (including phenoxy) is 1. The highest BCUT2D eigenvalue weighted by Crippen LogP contribution is 2.79. The van der Waals surface area contributed by atoms with E-state index in [1.807, 2.05) is 0 Å². The topological polar surface area (TPSA) is 80.7 Å². The van der Waals surface area contributed by atoms with E-state index in [0.29, 0.717) is 24.7 Å². The van der Waals surface area contributed by atoms with Gasteiger partial charge in [0, 0.05) is 0 Å². The molecule has 1 spiro atoms. The molecule has 5 unspecified atom stereocenters. The first kappa shape index (κ1) is 14.8. The molecule has 5 nitrogen and oxygen atoms in total. The number of hydrogen-bond acceptors (Lipinski definition) is 4. The molecule has 1 N–H and O–H groups in total. The molecule has 22 heavy (non-hydrogen) atoms. The van der Waals surface area contributed by atoms with E-state index >= 15 is 0 Å². The van der Waals surface area contributed by atoms with Crippen molar-refractivity contribution in [3.05, 3.63) is 0 Å². The molecular weight excluding hydrogens is 318 g/mol. The Kier molecular flexibility index (Phi) is 2.70. The molecule has 4 aliphatic rings. The molecule has 5 atom stereocenters. The van der Waals surface area contributed by atoms with Crippen LogP contribution in [0.2, 0.25) is 0 Å². The third-order valence-electron chi connectivity index (χ3n) is 6.51. The van der Waals surface area contributed by atoms with Crippen LogP contribution in [0.25, 0.3) is 0 Å². The van der Waals surface area contributed by atoms with Crippen LogP contribution in [-0.4, -0.2) is 30.8 Å². The van der Waals surface area contributed by atoms with Gasteiger partial charge in [-0.2, -0.15) is 17.2 Å². The van der Waals surface area contributed by atoms with Gasteiger partial charge < -0.3 is 4.74 Å². The fourth-order valence-electron chi connectivity index (χ4n) is 6.17. The number of hydrogen-bond donors (Lipinski definition) is 1. The largest absolute Gasteiger partial charge is 0.458 e. The van der Waals surface area contributed by atoms with Gasteiger partial charge in [0.1, 0.15) is 0 Å². The number of alkyl halides is 2. The molecular formula is C14H18F2O5S. The minimum atomic E-state index is -5.57. The lowest BCUT2D eigenvalue weighted by Crippen LogP contribution is -2.63. The summed E-state index contributed by atoms with van der Waals surface area (Å²) in [5.41, 5.74) is -0.486. The monoisotopic (exact) mass is 336 g/mol. The first-order chi connectivity index (χ1) is 10.1. The van der Waals surface area contributed by atoms with Crippen molar-refractivity contribution in [2.45, 2.75) is 43.8 Å². The van der Waals surface area contributed by atoms with Crippen LogP contribution in [0.3, 0.4) is 0 Å². The number of esters is 1. The molecule has 0 aromatic rings.